The molecule has 0 saturated heterocycles. The van der Waals surface area contributed by atoms with Gasteiger partial charge in [0.05, 0.1) is 11.1 Å². The van der Waals surface area contributed by atoms with E-state index in [9.17, 15) is 30.7 Å². The van der Waals surface area contributed by atoms with Crippen molar-refractivity contribution in [1.82, 2.24) is 19.6 Å². The molecule has 144 valence electrons. The number of rotatable bonds is 3. The SMILES string of the molecule is Fc1ccc(C(F)(F)F)c(-c2c(Cl)nc3ncnn3c2NCC(F)(F)F)c1. The Bertz CT molecular complexity index is 996. The summed E-state index contributed by atoms with van der Waals surface area (Å²) in [5.41, 5.74) is -2.69. The van der Waals surface area contributed by atoms with Crippen LogP contribution in [0.5, 0.6) is 0 Å². The second-order valence-electron chi connectivity index (χ2n) is 5.25. The van der Waals surface area contributed by atoms with E-state index in [0.717, 1.165) is 10.8 Å². The maximum Gasteiger partial charge on any atom is 0.417 e. The van der Waals surface area contributed by atoms with Crippen molar-refractivity contribution in [3.8, 4) is 11.1 Å². The van der Waals surface area contributed by atoms with E-state index in [-0.39, 0.29) is 5.78 Å². The fourth-order valence-electron chi connectivity index (χ4n) is 2.37. The lowest BCUT2D eigenvalue weighted by molar-refractivity contribution is -0.137. The Kier molecular flexibility index (Phi) is 4.62. The van der Waals surface area contributed by atoms with Crippen LogP contribution in [0.4, 0.5) is 36.6 Å². The third-order valence-corrected chi connectivity index (χ3v) is 3.67. The van der Waals surface area contributed by atoms with Crippen molar-refractivity contribution >= 4 is 23.2 Å². The Morgan fingerprint density at radius 2 is 1.81 bits per heavy atom. The largest absolute Gasteiger partial charge is 0.417 e. The predicted octanol–water partition coefficient (Wildman–Crippen LogP) is 4.58. The molecule has 0 spiro atoms. The highest BCUT2D eigenvalue weighted by Crippen LogP contribution is 2.42. The lowest BCUT2D eigenvalue weighted by atomic mass is 10.0. The summed E-state index contributed by atoms with van der Waals surface area (Å²) < 4.78 is 92.3. The lowest BCUT2D eigenvalue weighted by Gasteiger charge is -2.19. The third kappa shape index (κ3) is 3.89. The van der Waals surface area contributed by atoms with Gasteiger partial charge in [0.1, 0.15) is 29.7 Å². The van der Waals surface area contributed by atoms with Crippen molar-refractivity contribution in [1.29, 1.82) is 0 Å². The first-order valence-corrected chi connectivity index (χ1v) is 7.42. The van der Waals surface area contributed by atoms with Gasteiger partial charge in [0, 0.05) is 5.56 Å². The fourth-order valence-corrected chi connectivity index (χ4v) is 2.64. The van der Waals surface area contributed by atoms with Crippen LogP contribution in [0, 0.1) is 5.82 Å². The Hall–Kier alpha value is -2.63. The van der Waals surface area contributed by atoms with Gasteiger partial charge in [0.25, 0.3) is 5.78 Å². The third-order valence-electron chi connectivity index (χ3n) is 3.40. The smallest absolute Gasteiger partial charge is 0.360 e. The number of nitrogens with zero attached hydrogens (tertiary/aromatic N) is 4. The lowest BCUT2D eigenvalue weighted by Crippen LogP contribution is -2.23. The summed E-state index contributed by atoms with van der Waals surface area (Å²) in [4.78, 5) is 7.36. The summed E-state index contributed by atoms with van der Waals surface area (Å²) in [5.74, 6) is -1.86. The van der Waals surface area contributed by atoms with E-state index in [1.165, 1.54) is 0 Å². The Balaban J connectivity index is 2.32. The number of anilines is 1. The molecule has 13 heteroatoms. The highest BCUT2D eigenvalue weighted by Gasteiger charge is 2.36. The van der Waals surface area contributed by atoms with Crippen molar-refractivity contribution in [2.24, 2.45) is 0 Å². The van der Waals surface area contributed by atoms with Crippen LogP contribution in [0.1, 0.15) is 5.56 Å². The Morgan fingerprint density at radius 1 is 1.11 bits per heavy atom. The van der Waals surface area contributed by atoms with E-state index in [4.69, 9.17) is 11.6 Å². The predicted molar refractivity (Wildman–Crippen MR) is 80.7 cm³/mol. The summed E-state index contributed by atoms with van der Waals surface area (Å²) in [7, 11) is 0. The van der Waals surface area contributed by atoms with E-state index in [2.05, 4.69) is 15.1 Å². The monoisotopic (exact) mass is 413 g/mol. The number of hydrogen-bond acceptors (Lipinski definition) is 4. The standard InChI is InChI=1S/C14H7ClF7N5/c15-10-9(7-3-6(16)1-2-8(7)14(20,21)22)11(23-4-13(17,18)19)27-12(26-10)24-5-25-27/h1-3,5,23H,4H2. The number of aromatic nitrogens is 4. The molecular weight excluding hydrogens is 407 g/mol. The van der Waals surface area contributed by atoms with Crippen LogP contribution in [0.3, 0.4) is 0 Å². The van der Waals surface area contributed by atoms with Gasteiger partial charge in [0.15, 0.2) is 0 Å². The van der Waals surface area contributed by atoms with E-state index in [0.29, 0.717) is 18.2 Å². The van der Waals surface area contributed by atoms with Crippen molar-refractivity contribution in [2.75, 3.05) is 11.9 Å². The minimum absolute atomic E-state index is 0.251. The molecule has 27 heavy (non-hydrogen) atoms. The van der Waals surface area contributed by atoms with Crippen LogP contribution >= 0.6 is 11.6 Å². The van der Waals surface area contributed by atoms with Gasteiger partial charge in [-0.15, -0.1) is 0 Å². The maximum atomic E-state index is 13.6. The van der Waals surface area contributed by atoms with Gasteiger partial charge in [0.2, 0.25) is 0 Å². The Labute approximate surface area is 150 Å². The normalized spacial score (nSPS) is 12.6. The van der Waals surface area contributed by atoms with Crippen molar-refractivity contribution < 1.29 is 30.7 Å². The summed E-state index contributed by atoms with van der Waals surface area (Å²) >= 11 is 5.92. The number of benzene rings is 1. The molecular formula is C14H7ClF7N5. The quantitative estimate of drug-likeness (QED) is 0.504. The summed E-state index contributed by atoms with van der Waals surface area (Å²) in [6.45, 7) is -1.61. The second kappa shape index (κ2) is 6.51. The summed E-state index contributed by atoms with van der Waals surface area (Å²) in [5, 5.41) is 4.98. The van der Waals surface area contributed by atoms with Gasteiger partial charge in [-0.3, -0.25) is 0 Å². The minimum Gasteiger partial charge on any atom is -0.360 e. The van der Waals surface area contributed by atoms with Crippen LogP contribution in [0.2, 0.25) is 5.15 Å². The maximum absolute atomic E-state index is 13.6. The van der Waals surface area contributed by atoms with Crippen LogP contribution < -0.4 is 5.32 Å². The van der Waals surface area contributed by atoms with Crippen LogP contribution in [-0.4, -0.2) is 32.3 Å². The van der Waals surface area contributed by atoms with Gasteiger partial charge in [-0.05, 0) is 18.2 Å². The molecule has 0 bridgehead atoms. The average Bonchev–Trinajstić information content (AvgIpc) is 2.98. The topological polar surface area (TPSA) is 55.1 Å². The molecule has 5 nitrogen and oxygen atoms in total. The zero-order valence-electron chi connectivity index (χ0n) is 12.8. The van der Waals surface area contributed by atoms with E-state index < -0.39 is 52.4 Å². The van der Waals surface area contributed by atoms with Gasteiger partial charge in [-0.2, -0.15) is 45.9 Å². The minimum atomic E-state index is -4.93. The highest BCUT2D eigenvalue weighted by molar-refractivity contribution is 6.33. The molecule has 1 aromatic carbocycles. The van der Waals surface area contributed by atoms with Gasteiger partial charge in [-0.25, -0.2) is 4.39 Å². The number of halogens is 8. The van der Waals surface area contributed by atoms with Gasteiger partial charge < -0.3 is 5.32 Å². The van der Waals surface area contributed by atoms with E-state index in [1.54, 1.807) is 0 Å². The van der Waals surface area contributed by atoms with Crippen molar-refractivity contribution in [3.63, 3.8) is 0 Å². The molecule has 0 fully saturated rings. The molecule has 2 aromatic heterocycles. The first kappa shape index (κ1) is 19.1. The number of fused-ring (bicyclic) bond motifs is 1. The van der Waals surface area contributed by atoms with Crippen LogP contribution in [-0.2, 0) is 6.18 Å². The molecule has 0 aliphatic heterocycles. The first-order valence-electron chi connectivity index (χ1n) is 7.04. The van der Waals surface area contributed by atoms with Crippen LogP contribution in [0.25, 0.3) is 16.9 Å². The molecule has 0 unspecified atom stereocenters. The molecule has 0 atom stereocenters. The molecule has 0 aliphatic rings. The first-order chi connectivity index (χ1) is 12.5. The number of alkyl halides is 6. The summed E-state index contributed by atoms with van der Waals surface area (Å²) in [6.07, 6.45) is -8.70. The summed E-state index contributed by atoms with van der Waals surface area (Å²) in [6, 6.07) is 1.54. The molecule has 0 amide bonds. The van der Waals surface area contributed by atoms with Gasteiger partial charge >= 0.3 is 12.4 Å². The van der Waals surface area contributed by atoms with E-state index in [1.807, 2.05) is 5.32 Å². The molecule has 0 aliphatic carbocycles. The average molecular weight is 414 g/mol. The second-order valence-corrected chi connectivity index (χ2v) is 5.61. The number of nitrogens with one attached hydrogen (secondary N) is 1. The van der Waals surface area contributed by atoms with Gasteiger partial charge in [-0.1, -0.05) is 11.6 Å². The molecule has 0 radical (unpaired) electrons. The number of hydrogen-bond donors (Lipinski definition) is 1. The van der Waals surface area contributed by atoms with Crippen LogP contribution in [0.15, 0.2) is 24.5 Å². The Morgan fingerprint density at radius 3 is 2.44 bits per heavy atom. The van der Waals surface area contributed by atoms with Crippen molar-refractivity contribution in [3.05, 3.63) is 41.1 Å². The van der Waals surface area contributed by atoms with E-state index >= 15 is 0 Å². The zero-order valence-corrected chi connectivity index (χ0v) is 13.6. The molecule has 1 N–H and O–H groups in total. The van der Waals surface area contributed by atoms with Crippen molar-refractivity contribution in [2.45, 2.75) is 12.4 Å². The zero-order chi connectivity index (χ0) is 20.0. The molecule has 2 heterocycles. The highest BCUT2D eigenvalue weighted by atomic mass is 35.5. The molecule has 3 rings (SSSR count). The fraction of sp³-hybridized carbons (Fsp3) is 0.214. The molecule has 3 aromatic rings. The molecule has 0 saturated carbocycles.